The first-order chi connectivity index (χ1) is 14.2. The second kappa shape index (κ2) is 9.26. The number of nitrogens with zero attached hydrogens (tertiary/aromatic N) is 2. The van der Waals surface area contributed by atoms with Crippen LogP contribution in [0.3, 0.4) is 0 Å². The number of anilines is 1. The summed E-state index contributed by atoms with van der Waals surface area (Å²) >= 11 is 3.46. The summed E-state index contributed by atoms with van der Waals surface area (Å²) in [6.45, 7) is 9.70. The highest BCUT2D eigenvalue weighted by Crippen LogP contribution is 2.41. The van der Waals surface area contributed by atoms with Crippen molar-refractivity contribution in [2.24, 2.45) is 0 Å². The van der Waals surface area contributed by atoms with Crippen LogP contribution >= 0.6 is 22.7 Å². The lowest BCUT2D eigenvalue weighted by molar-refractivity contribution is 0.0996. The molecule has 0 aromatic carbocycles. The summed E-state index contributed by atoms with van der Waals surface area (Å²) in [6, 6.07) is 10.2. The molecule has 0 radical (unpaired) electrons. The maximum absolute atomic E-state index is 12.7. The molecule has 1 fully saturated rings. The van der Waals surface area contributed by atoms with Crippen LogP contribution in [0.15, 0.2) is 46.4 Å². The lowest BCUT2D eigenvalue weighted by Crippen LogP contribution is -2.47. The molecule has 1 N–H and O–H groups in total. The molecular formula is C22H27N3O2S2. The molecule has 1 unspecified atom stereocenters. The summed E-state index contributed by atoms with van der Waals surface area (Å²) in [5.41, 5.74) is 1.19. The molecule has 1 amide bonds. The first-order valence-corrected chi connectivity index (χ1v) is 11.9. The molecule has 0 saturated carbocycles. The number of carbonyl (C=O) groups is 1. The van der Waals surface area contributed by atoms with E-state index in [0.29, 0.717) is 5.76 Å². The van der Waals surface area contributed by atoms with Gasteiger partial charge in [0.25, 0.3) is 5.91 Å². The number of rotatable bonds is 7. The fourth-order valence-corrected chi connectivity index (χ4v) is 5.72. The highest BCUT2D eigenvalue weighted by atomic mass is 32.1. The fourth-order valence-electron chi connectivity index (χ4n) is 3.82. The van der Waals surface area contributed by atoms with Gasteiger partial charge >= 0.3 is 0 Å². The van der Waals surface area contributed by atoms with Gasteiger partial charge in [0.15, 0.2) is 5.76 Å². The second-order valence-corrected chi connectivity index (χ2v) is 9.29. The van der Waals surface area contributed by atoms with E-state index in [1.165, 1.54) is 21.6 Å². The predicted molar refractivity (Wildman–Crippen MR) is 120 cm³/mol. The second-order valence-electron chi connectivity index (χ2n) is 7.17. The van der Waals surface area contributed by atoms with Crippen LogP contribution in [0.25, 0.3) is 0 Å². The van der Waals surface area contributed by atoms with Crippen molar-refractivity contribution in [3.8, 4) is 0 Å². The highest BCUT2D eigenvalue weighted by molar-refractivity contribution is 7.16. The van der Waals surface area contributed by atoms with Gasteiger partial charge in [0.05, 0.1) is 12.3 Å². The highest BCUT2D eigenvalue weighted by Gasteiger charge is 2.30. The third kappa shape index (κ3) is 4.48. The van der Waals surface area contributed by atoms with Crippen LogP contribution in [0.4, 0.5) is 5.00 Å². The van der Waals surface area contributed by atoms with Gasteiger partial charge in [-0.1, -0.05) is 19.9 Å². The summed E-state index contributed by atoms with van der Waals surface area (Å²) in [5, 5.41) is 6.19. The molecule has 0 bridgehead atoms. The van der Waals surface area contributed by atoms with E-state index in [4.69, 9.17) is 4.42 Å². The summed E-state index contributed by atoms with van der Waals surface area (Å²) in [4.78, 5) is 20.3. The SMILES string of the molecule is CCc1cc(C(c2cccs2)N2CCN(CC)CC2)c(NC(=O)c2ccco2)s1. The Morgan fingerprint density at radius 1 is 1.21 bits per heavy atom. The van der Waals surface area contributed by atoms with Crippen LogP contribution in [0, 0.1) is 0 Å². The molecule has 0 spiro atoms. The molecule has 7 heteroatoms. The largest absolute Gasteiger partial charge is 0.459 e. The minimum Gasteiger partial charge on any atom is -0.459 e. The Balaban J connectivity index is 1.67. The van der Waals surface area contributed by atoms with Crippen LogP contribution in [-0.2, 0) is 6.42 Å². The molecule has 4 rings (SSSR count). The number of hydrogen-bond donors (Lipinski definition) is 1. The number of piperazine rings is 1. The molecule has 4 heterocycles. The van der Waals surface area contributed by atoms with Crippen LogP contribution < -0.4 is 5.32 Å². The standard InChI is InChI=1S/C22H27N3O2S2/c1-3-16-15-17(22(29-16)23-21(26)18-7-5-13-27-18)20(19-8-6-14-28-19)25-11-9-24(4-2)10-12-25/h5-8,13-15,20H,3-4,9-12H2,1-2H3,(H,23,26). The van der Waals surface area contributed by atoms with Gasteiger partial charge in [-0.15, -0.1) is 22.7 Å². The number of likely N-dealkylation sites (N-methyl/N-ethyl adjacent to an activating group) is 1. The van der Waals surface area contributed by atoms with Gasteiger partial charge in [-0.05, 0) is 42.6 Å². The van der Waals surface area contributed by atoms with Gasteiger partial charge in [0, 0.05) is 41.5 Å². The predicted octanol–water partition coefficient (Wildman–Crippen LogP) is 4.94. The summed E-state index contributed by atoms with van der Waals surface area (Å²) in [7, 11) is 0. The summed E-state index contributed by atoms with van der Waals surface area (Å²) in [5.74, 6) is 0.146. The Bertz CT molecular complexity index is 910. The summed E-state index contributed by atoms with van der Waals surface area (Å²) < 4.78 is 5.29. The number of carbonyl (C=O) groups excluding carboxylic acids is 1. The summed E-state index contributed by atoms with van der Waals surface area (Å²) in [6.07, 6.45) is 2.48. The van der Waals surface area contributed by atoms with Crippen molar-refractivity contribution in [2.45, 2.75) is 26.3 Å². The zero-order chi connectivity index (χ0) is 20.2. The molecule has 1 aliphatic rings. The first kappa shape index (κ1) is 20.3. The molecule has 5 nitrogen and oxygen atoms in total. The maximum atomic E-state index is 12.7. The van der Waals surface area contributed by atoms with E-state index in [1.54, 1.807) is 34.8 Å². The number of thiophene rings is 2. The van der Waals surface area contributed by atoms with Gasteiger partial charge in [-0.2, -0.15) is 0 Å². The Morgan fingerprint density at radius 3 is 2.66 bits per heavy atom. The molecule has 1 saturated heterocycles. The van der Waals surface area contributed by atoms with Crippen LogP contribution in [0.5, 0.6) is 0 Å². The molecule has 1 atom stereocenters. The third-order valence-corrected chi connectivity index (χ3v) is 7.59. The van der Waals surface area contributed by atoms with Crippen molar-refractivity contribution in [1.29, 1.82) is 0 Å². The smallest absolute Gasteiger partial charge is 0.291 e. The van der Waals surface area contributed by atoms with Crippen molar-refractivity contribution in [1.82, 2.24) is 9.80 Å². The molecule has 1 aliphatic heterocycles. The molecule has 3 aromatic heterocycles. The lowest BCUT2D eigenvalue weighted by Gasteiger charge is -2.38. The number of nitrogens with one attached hydrogen (secondary N) is 1. The maximum Gasteiger partial charge on any atom is 0.291 e. The van der Waals surface area contributed by atoms with Crippen molar-refractivity contribution < 1.29 is 9.21 Å². The van der Waals surface area contributed by atoms with E-state index in [9.17, 15) is 4.79 Å². The van der Waals surface area contributed by atoms with E-state index in [1.807, 2.05) is 0 Å². The zero-order valence-corrected chi connectivity index (χ0v) is 18.5. The molecular weight excluding hydrogens is 402 g/mol. The van der Waals surface area contributed by atoms with Crippen LogP contribution in [0.1, 0.15) is 45.8 Å². The van der Waals surface area contributed by atoms with E-state index >= 15 is 0 Å². The van der Waals surface area contributed by atoms with Crippen LogP contribution in [0.2, 0.25) is 0 Å². The fraction of sp³-hybridized carbons (Fsp3) is 0.409. The van der Waals surface area contributed by atoms with Gasteiger partial charge in [0.2, 0.25) is 0 Å². The Hall–Kier alpha value is -1.93. The number of furan rings is 1. The van der Waals surface area contributed by atoms with Crippen molar-refractivity contribution in [3.05, 3.63) is 63.1 Å². The number of aryl methyl sites for hydroxylation is 1. The number of amides is 1. The normalized spacial score (nSPS) is 16.8. The minimum atomic E-state index is -0.193. The van der Waals surface area contributed by atoms with E-state index < -0.39 is 0 Å². The Labute approximate surface area is 179 Å². The molecule has 0 aliphatic carbocycles. The average Bonchev–Trinajstić information content (AvgIpc) is 3.51. The van der Waals surface area contributed by atoms with Crippen molar-refractivity contribution in [3.63, 3.8) is 0 Å². The van der Waals surface area contributed by atoms with Crippen LogP contribution in [-0.4, -0.2) is 48.4 Å². The van der Waals surface area contributed by atoms with E-state index in [-0.39, 0.29) is 11.9 Å². The zero-order valence-electron chi connectivity index (χ0n) is 16.9. The Morgan fingerprint density at radius 2 is 2.03 bits per heavy atom. The van der Waals surface area contributed by atoms with Gasteiger partial charge in [-0.25, -0.2) is 0 Å². The third-order valence-electron chi connectivity index (χ3n) is 5.46. The molecule has 29 heavy (non-hydrogen) atoms. The molecule has 3 aromatic rings. The number of hydrogen-bond acceptors (Lipinski definition) is 6. The van der Waals surface area contributed by atoms with Gasteiger partial charge in [0.1, 0.15) is 5.00 Å². The average molecular weight is 430 g/mol. The van der Waals surface area contributed by atoms with Crippen molar-refractivity contribution in [2.75, 3.05) is 38.0 Å². The van der Waals surface area contributed by atoms with Gasteiger partial charge < -0.3 is 14.6 Å². The Kier molecular flexibility index (Phi) is 6.50. The first-order valence-electron chi connectivity index (χ1n) is 10.2. The monoisotopic (exact) mass is 429 g/mol. The minimum absolute atomic E-state index is 0.164. The quantitative estimate of drug-likeness (QED) is 0.578. The topological polar surface area (TPSA) is 48.7 Å². The van der Waals surface area contributed by atoms with E-state index in [0.717, 1.165) is 44.1 Å². The molecule has 154 valence electrons. The van der Waals surface area contributed by atoms with E-state index in [2.05, 4.69) is 52.5 Å². The van der Waals surface area contributed by atoms with Gasteiger partial charge in [-0.3, -0.25) is 9.69 Å². The van der Waals surface area contributed by atoms with Crippen molar-refractivity contribution >= 4 is 33.6 Å². The lowest BCUT2D eigenvalue weighted by atomic mass is 10.0.